The largest absolute Gasteiger partial charge is 0.486 e. The van der Waals surface area contributed by atoms with Gasteiger partial charge >= 0.3 is 0 Å². The molecule has 29 heavy (non-hydrogen) atoms. The van der Waals surface area contributed by atoms with Crippen molar-refractivity contribution in [3.05, 3.63) is 9.75 Å². The molecule has 0 unspecified atom stereocenters. The summed E-state index contributed by atoms with van der Waals surface area (Å²) < 4.78 is 33.9. The number of hydrogen-bond acceptors (Lipinski definition) is 7. The molecule has 0 bridgehead atoms. The molecular weight excluding hydrogens is 392 g/mol. The van der Waals surface area contributed by atoms with Crippen molar-refractivity contribution >= 4 is 11.3 Å². The third-order valence-electron chi connectivity index (χ3n) is 4.13. The lowest BCUT2D eigenvalue weighted by molar-refractivity contribution is 0.0324. The normalized spacial score (nSPS) is 11.2. The van der Waals surface area contributed by atoms with Gasteiger partial charge in [0, 0.05) is 23.0 Å². The standard InChI is InChI=1S/C22H40O6S/c1-5-7-9-23-11-13-25-15-17-27-21-19(3)29-20(4)22(21)28-18-16-26-14-12-24-10-8-6-2/h5-18H2,1-4H3. The third-order valence-corrected chi connectivity index (χ3v) is 5.11. The van der Waals surface area contributed by atoms with Crippen LogP contribution >= 0.6 is 11.3 Å². The van der Waals surface area contributed by atoms with Crippen LogP contribution in [0.3, 0.4) is 0 Å². The van der Waals surface area contributed by atoms with Gasteiger partial charge in [-0.3, -0.25) is 0 Å². The SMILES string of the molecule is CCCCOCCOCCOc1c(C)sc(C)c1OCCOCCOCCCC. The Morgan fingerprint density at radius 3 is 1.24 bits per heavy atom. The van der Waals surface area contributed by atoms with Crippen molar-refractivity contribution in [3.8, 4) is 11.5 Å². The molecule has 0 amide bonds. The summed E-state index contributed by atoms with van der Waals surface area (Å²) in [6, 6.07) is 0. The lowest BCUT2D eigenvalue weighted by Gasteiger charge is -2.12. The number of ether oxygens (including phenoxy) is 6. The molecule has 0 aliphatic heterocycles. The van der Waals surface area contributed by atoms with E-state index in [0.29, 0.717) is 52.9 Å². The van der Waals surface area contributed by atoms with E-state index < -0.39 is 0 Å². The zero-order valence-electron chi connectivity index (χ0n) is 18.8. The molecule has 7 heteroatoms. The van der Waals surface area contributed by atoms with Crippen LogP contribution < -0.4 is 9.47 Å². The lowest BCUT2D eigenvalue weighted by Crippen LogP contribution is -2.13. The third kappa shape index (κ3) is 12.4. The van der Waals surface area contributed by atoms with Crippen LogP contribution in [0.15, 0.2) is 0 Å². The highest BCUT2D eigenvalue weighted by Gasteiger charge is 2.16. The van der Waals surface area contributed by atoms with Crippen LogP contribution in [0.25, 0.3) is 0 Å². The van der Waals surface area contributed by atoms with Gasteiger partial charge in [-0.05, 0) is 26.7 Å². The zero-order valence-corrected chi connectivity index (χ0v) is 19.6. The Labute approximate surface area is 180 Å². The minimum Gasteiger partial charge on any atom is -0.486 e. The fourth-order valence-corrected chi connectivity index (χ4v) is 3.47. The fourth-order valence-electron chi connectivity index (χ4n) is 2.52. The van der Waals surface area contributed by atoms with E-state index in [1.54, 1.807) is 11.3 Å². The minimum atomic E-state index is 0.494. The van der Waals surface area contributed by atoms with Gasteiger partial charge in [0.05, 0.1) is 39.6 Å². The van der Waals surface area contributed by atoms with Gasteiger partial charge in [-0.15, -0.1) is 11.3 Å². The molecule has 0 saturated heterocycles. The van der Waals surface area contributed by atoms with Crippen molar-refractivity contribution in [2.45, 2.75) is 53.4 Å². The maximum Gasteiger partial charge on any atom is 0.175 e. The van der Waals surface area contributed by atoms with Crippen molar-refractivity contribution < 1.29 is 28.4 Å². The van der Waals surface area contributed by atoms with E-state index in [1.165, 1.54) is 0 Å². The Bertz CT molecular complexity index is 463. The fraction of sp³-hybridized carbons (Fsp3) is 0.818. The first kappa shape index (κ1) is 26.2. The molecule has 0 atom stereocenters. The van der Waals surface area contributed by atoms with Gasteiger partial charge in [0.25, 0.3) is 0 Å². The van der Waals surface area contributed by atoms with Crippen LogP contribution in [0.1, 0.15) is 49.3 Å². The highest BCUT2D eigenvalue weighted by Crippen LogP contribution is 2.41. The monoisotopic (exact) mass is 432 g/mol. The molecule has 1 rings (SSSR count). The second-order valence-corrected chi connectivity index (χ2v) is 8.16. The molecule has 1 aromatic rings. The molecule has 0 fully saturated rings. The predicted octanol–water partition coefficient (Wildman–Crippen LogP) is 4.79. The summed E-state index contributed by atoms with van der Waals surface area (Å²) in [6.45, 7) is 14.5. The smallest absolute Gasteiger partial charge is 0.175 e. The Hall–Kier alpha value is -0.860. The molecule has 0 N–H and O–H groups in total. The maximum atomic E-state index is 5.93. The van der Waals surface area contributed by atoms with Gasteiger partial charge in [-0.2, -0.15) is 0 Å². The first-order chi connectivity index (χ1) is 14.2. The maximum absolute atomic E-state index is 5.93. The molecule has 0 aliphatic carbocycles. The van der Waals surface area contributed by atoms with E-state index in [1.807, 2.05) is 13.8 Å². The number of rotatable bonds is 20. The molecule has 0 spiro atoms. The van der Waals surface area contributed by atoms with E-state index in [2.05, 4.69) is 13.8 Å². The van der Waals surface area contributed by atoms with Crippen LogP contribution in [-0.2, 0) is 18.9 Å². The van der Waals surface area contributed by atoms with Gasteiger partial charge in [0.15, 0.2) is 11.5 Å². The van der Waals surface area contributed by atoms with E-state index >= 15 is 0 Å². The van der Waals surface area contributed by atoms with Gasteiger partial charge in [0.2, 0.25) is 0 Å². The van der Waals surface area contributed by atoms with E-state index in [9.17, 15) is 0 Å². The average molecular weight is 433 g/mol. The second-order valence-electron chi connectivity index (χ2n) is 6.73. The topological polar surface area (TPSA) is 55.4 Å². The first-order valence-electron chi connectivity index (χ1n) is 10.9. The van der Waals surface area contributed by atoms with Crippen LogP contribution in [-0.4, -0.2) is 66.1 Å². The summed E-state index contributed by atoms with van der Waals surface area (Å²) >= 11 is 1.68. The summed E-state index contributed by atoms with van der Waals surface area (Å²) in [7, 11) is 0. The van der Waals surface area contributed by atoms with E-state index in [4.69, 9.17) is 28.4 Å². The quantitative estimate of drug-likeness (QED) is 0.276. The van der Waals surface area contributed by atoms with Crippen molar-refractivity contribution in [3.63, 3.8) is 0 Å². The summed E-state index contributed by atoms with van der Waals surface area (Å²) in [5.41, 5.74) is 0. The lowest BCUT2D eigenvalue weighted by atomic mass is 10.3. The molecule has 0 aromatic carbocycles. The number of aryl methyl sites for hydroxylation is 2. The Morgan fingerprint density at radius 1 is 0.517 bits per heavy atom. The number of hydrogen-bond donors (Lipinski definition) is 0. The Balaban J connectivity index is 2.16. The second kappa shape index (κ2) is 18.0. The molecule has 1 heterocycles. The Kier molecular flexibility index (Phi) is 16.2. The first-order valence-corrected chi connectivity index (χ1v) is 11.7. The summed E-state index contributed by atoms with van der Waals surface area (Å²) in [5, 5.41) is 0. The van der Waals surface area contributed by atoms with Crippen LogP contribution in [0.2, 0.25) is 0 Å². The summed E-state index contributed by atoms with van der Waals surface area (Å²) in [5.74, 6) is 1.64. The number of unbranched alkanes of at least 4 members (excludes halogenated alkanes) is 2. The van der Waals surface area contributed by atoms with Crippen molar-refractivity contribution in [2.75, 3.05) is 66.1 Å². The van der Waals surface area contributed by atoms with Crippen molar-refractivity contribution in [2.24, 2.45) is 0 Å². The van der Waals surface area contributed by atoms with Crippen molar-refractivity contribution in [1.29, 1.82) is 0 Å². The molecular formula is C22H40O6S. The molecule has 0 saturated carbocycles. The minimum absolute atomic E-state index is 0.494. The highest BCUT2D eigenvalue weighted by atomic mass is 32.1. The highest BCUT2D eigenvalue weighted by molar-refractivity contribution is 7.12. The Morgan fingerprint density at radius 2 is 0.862 bits per heavy atom. The molecule has 6 nitrogen and oxygen atoms in total. The van der Waals surface area contributed by atoms with Crippen LogP contribution in [0, 0.1) is 13.8 Å². The van der Waals surface area contributed by atoms with Crippen LogP contribution in [0.4, 0.5) is 0 Å². The van der Waals surface area contributed by atoms with E-state index in [-0.39, 0.29) is 0 Å². The summed E-state index contributed by atoms with van der Waals surface area (Å²) in [6.07, 6.45) is 4.50. The zero-order chi connectivity index (χ0) is 21.2. The van der Waals surface area contributed by atoms with Gasteiger partial charge in [0.1, 0.15) is 13.2 Å². The van der Waals surface area contributed by atoms with Gasteiger partial charge < -0.3 is 28.4 Å². The molecule has 0 radical (unpaired) electrons. The van der Waals surface area contributed by atoms with E-state index in [0.717, 1.165) is 60.2 Å². The average Bonchev–Trinajstić information content (AvgIpc) is 2.98. The molecule has 0 aliphatic rings. The number of thiophene rings is 1. The van der Waals surface area contributed by atoms with Crippen LogP contribution in [0.5, 0.6) is 11.5 Å². The summed E-state index contributed by atoms with van der Waals surface area (Å²) in [4.78, 5) is 2.23. The predicted molar refractivity (Wildman–Crippen MR) is 118 cm³/mol. The molecule has 1 aromatic heterocycles. The van der Waals surface area contributed by atoms with Gasteiger partial charge in [-0.25, -0.2) is 0 Å². The van der Waals surface area contributed by atoms with Gasteiger partial charge in [-0.1, -0.05) is 26.7 Å². The molecule has 170 valence electrons. The van der Waals surface area contributed by atoms with Crippen molar-refractivity contribution in [1.82, 2.24) is 0 Å².